The molecule has 2 unspecified atom stereocenters. The van der Waals surface area contributed by atoms with E-state index < -0.39 is 0 Å². The van der Waals surface area contributed by atoms with Crippen molar-refractivity contribution in [2.45, 2.75) is 53.5 Å². The van der Waals surface area contributed by atoms with Gasteiger partial charge in [-0.2, -0.15) is 0 Å². The van der Waals surface area contributed by atoms with Crippen LogP contribution in [0.4, 0.5) is 5.82 Å². The SMILES string of the molecule is CCCNC(C)c1ccnc(N(CC)CC(C)CC)c1. The Morgan fingerprint density at radius 1 is 1.25 bits per heavy atom. The summed E-state index contributed by atoms with van der Waals surface area (Å²) >= 11 is 0. The van der Waals surface area contributed by atoms with E-state index in [1.165, 1.54) is 12.0 Å². The van der Waals surface area contributed by atoms with Gasteiger partial charge in [-0.25, -0.2) is 4.98 Å². The maximum atomic E-state index is 4.56. The number of hydrogen-bond donors (Lipinski definition) is 1. The van der Waals surface area contributed by atoms with E-state index >= 15 is 0 Å². The van der Waals surface area contributed by atoms with Gasteiger partial charge in [0.05, 0.1) is 0 Å². The molecule has 1 aromatic rings. The largest absolute Gasteiger partial charge is 0.357 e. The number of anilines is 1. The summed E-state index contributed by atoms with van der Waals surface area (Å²) in [5.74, 6) is 1.81. The smallest absolute Gasteiger partial charge is 0.128 e. The van der Waals surface area contributed by atoms with Gasteiger partial charge in [-0.15, -0.1) is 0 Å². The molecule has 0 spiro atoms. The van der Waals surface area contributed by atoms with E-state index in [0.717, 1.165) is 31.9 Å². The van der Waals surface area contributed by atoms with Gasteiger partial charge < -0.3 is 10.2 Å². The Labute approximate surface area is 124 Å². The van der Waals surface area contributed by atoms with Gasteiger partial charge in [-0.05, 0) is 50.4 Å². The van der Waals surface area contributed by atoms with Crippen molar-refractivity contribution in [1.29, 1.82) is 0 Å². The van der Waals surface area contributed by atoms with Crippen LogP contribution in [0.2, 0.25) is 0 Å². The highest BCUT2D eigenvalue weighted by Crippen LogP contribution is 2.19. The van der Waals surface area contributed by atoms with Crippen LogP contribution in [0.25, 0.3) is 0 Å². The van der Waals surface area contributed by atoms with E-state index in [0.29, 0.717) is 12.0 Å². The zero-order valence-electron chi connectivity index (χ0n) is 13.8. The van der Waals surface area contributed by atoms with Crippen LogP contribution in [0, 0.1) is 5.92 Å². The van der Waals surface area contributed by atoms with Crippen molar-refractivity contribution in [2.24, 2.45) is 5.92 Å². The first-order chi connectivity index (χ1) is 9.62. The van der Waals surface area contributed by atoms with E-state index in [2.05, 4.69) is 62.0 Å². The normalized spacial score (nSPS) is 14.1. The van der Waals surface area contributed by atoms with E-state index in [4.69, 9.17) is 0 Å². The van der Waals surface area contributed by atoms with Crippen LogP contribution < -0.4 is 10.2 Å². The lowest BCUT2D eigenvalue weighted by molar-refractivity contribution is 0.544. The Bertz CT molecular complexity index is 378. The fourth-order valence-electron chi connectivity index (χ4n) is 2.25. The second-order valence-electron chi connectivity index (χ2n) is 5.68. The van der Waals surface area contributed by atoms with Gasteiger partial charge in [0.25, 0.3) is 0 Å². The molecule has 0 radical (unpaired) electrons. The minimum Gasteiger partial charge on any atom is -0.357 e. The Morgan fingerprint density at radius 3 is 2.60 bits per heavy atom. The zero-order chi connectivity index (χ0) is 15.0. The van der Waals surface area contributed by atoms with Crippen molar-refractivity contribution in [3.05, 3.63) is 23.9 Å². The van der Waals surface area contributed by atoms with Crippen LogP contribution in [-0.2, 0) is 0 Å². The molecule has 1 N–H and O–H groups in total. The molecule has 114 valence electrons. The molecule has 3 heteroatoms. The maximum Gasteiger partial charge on any atom is 0.128 e. The average Bonchev–Trinajstić information content (AvgIpc) is 2.49. The van der Waals surface area contributed by atoms with Crippen molar-refractivity contribution in [3.63, 3.8) is 0 Å². The predicted octanol–water partition coefficient (Wildman–Crippen LogP) is 4.01. The summed E-state index contributed by atoms with van der Waals surface area (Å²) in [4.78, 5) is 6.94. The number of pyridine rings is 1. The monoisotopic (exact) mass is 277 g/mol. The first-order valence-corrected chi connectivity index (χ1v) is 8.06. The molecule has 1 aromatic heterocycles. The standard InChI is InChI=1S/C17H31N3/c1-6-10-18-15(5)16-9-11-19-17(12-16)20(8-3)13-14(4)7-2/h9,11-12,14-15,18H,6-8,10,13H2,1-5H3. The number of rotatable bonds is 9. The van der Waals surface area contributed by atoms with Crippen molar-refractivity contribution in [3.8, 4) is 0 Å². The highest BCUT2D eigenvalue weighted by Gasteiger charge is 2.12. The van der Waals surface area contributed by atoms with Gasteiger partial charge in [0, 0.05) is 25.3 Å². The van der Waals surface area contributed by atoms with Crippen LogP contribution in [0.15, 0.2) is 18.3 Å². The third kappa shape index (κ3) is 5.12. The Balaban J connectivity index is 2.79. The number of nitrogens with one attached hydrogen (secondary N) is 1. The molecule has 0 amide bonds. The van der Waals surface area contributed by atoms with Gasteiger partial charge in [0.15, 0.2) is 0 Å². The van der Waals surface area contributed by atoms with E-state index in [-0.39, 0.29) is 0 Å². The van der Waals surface area contributed by atoms with E-state index in [9.17, 15) is 0 Å². The van der Waals surface area contributed by atoms with E-state index in [1.807, 2.05) is 6.20 Å². The fourth-order valence-corrected chi connectivity index (χ4v) is 2.25. The predicted molar refractivity (Wildman–Crippen MR) is 88.3 cm³/mol. The first kappa shape index (κ1) is 17.0. The van der Waals surface area contributed by atoms with Crippen LogP contribution in [0.5, 0.6) is 0 Å². The second kappa shape index (κ2) is 8.96. The lowest BCUT2D eigenvalue weighted by Crippen LogP contribution is -2.29. The van der Waals surface area contributed by atoms with Crippen LogP contribution >= 0.6 is 0 Å². The number of nitrogens with zero attached hydrogens (tertiary/aromatic N) is 2. The van der Waals surface area contributed by atoms with Crippen LogP contribution in [0.1, 0.15) is 59.1 Å². The summed E-state index contributed by atoms with van der Waals surface area (Å²) in [6, 6.07) is 4.74. The molecule has 0 aliphatic rings. The molecule has 0 aromatic carbocycles. The Hall–Kier alpha value is -1.09. The summed E-state index contributed by atoms with van der Waals surface area (Å²) in [7, 11) is 0. The molecule has 0 saturated heterocycles. The van der Waals surface area contributed by atoms with Crippen molar-refractivity contribution >= 4 is 5.82 Å². The second-order valence-corrected chi connectivity index (χ2v) is 5.68. The molecule has 0 fully saturated rings. The average molecular weight is 277 g/mol. The molecular formula is C17H31N3. The molecule has 0 aliphatic heterocycles. The van der Waals surface area contributed by atoms with Gasteiger partial charge in [-0.1, -0.05) is 27.2 Å². The molecule has 0 aliphatic carbocycles. The van der Waals surface area contributed by atoms with Crippen LogP contribution in [-0.4, -0.2) is 24.6 Å². The third-order valence-electron chi connectivity index (χ3n) is 3.90. The lowest BCUT2D eigenvalue weighted by Gasteiger charge is -2.26. The Morgan fingerprint density at radius 2 is 2.00 bits per heavy atom. The highest BCUT2D eigenvalue weighted by atomic mass is 15.2. The molecule has 0 saturated carbocycles. The van der Waals surface area contributed by atoms with Gasteiger partial charge in [0.1, 0.15) is 5.82 Å². The highest BCUT2D eigenvalue weighted by molar-refractivity contribution is 5.41. The Kier molecular flexibility index (Phi) is 7.60. The van der Waals surface area contributed by atoms with Crippen molar-refractivity contribution in [1.82, 2.24) is 10.3 Å². The maximum absolute atomic E-state index is 4.56. The summed E-state index contributed by atoms with van der Waals surface area (Å²) in [5, 5.41) is 3.54. The molecular weight excluding hydrogens is 246 g/mol. The molecule has 3 nitrogen and oxygen atoms in total. The van der Waals surface area contributed by atoms with Gasteiger partial charge >= 0.3 is 0 Å². The van der Waals surface area contributed by atoms with Gasteiger partial charge in [0.2, 0.25) is 0 Å². The van der Waals surface area contributed by atoms with Crippen molar-refractivity contribution < 1.29 is 0 Å². The fraction of sp³-hybridized carbons (Fsp3) is 0.706. The summed E-state index contributed by atoms with van der Waals surface area (Å²) in [6.45, 7) is 14.3. The number of hydrogen-bond acceptors (Lipinski definition) is 3. The molecule has 1 rings (SSSR count). The molecule has 0 bridgehead atoms. The quantitative estimate of drug-likeness (QED) is 0.739. The van der Waals surface area contributed by atoms with Crippen LogP contribution in [0.3, 0.4) is 0 Å². The minimum absolute atomic E-state index is 0.388. The molecule has 1 heterocycles. The summed E-state index contributed by atoms with van der Waals surface area (Å²) in [6.07, 6.45) is 4.32. The minimum atomic E-state index is 0.388. The summed E-state index contributed by atoms with van der Waals surface area (Å²) in [5.41, 5.74) is 1.33. The number of aromatic nitrogens is 1. The van der Waals surface area contributed by atoms with Gasteiger partial charge in [-0.3, -0.25) is 0 Å². The molecule has 20 heavy (non-hydrogen) atoms. The molecule has 2 atom stereocenters. The first-order valence-electron chi connectivity index (χ1n) is 8.06. The third-order valence-corrected chi connectivity index (χ3v) is 3.90. The summed E-state index contributed by atoms with van der Waals surface area (Å²) < 4.78 is 0. The topological polar surface area (TPSA) is 28.2 Å². The zero-order valence-corrected chi connectivity index (χ0v) is 13.8. The lowest BCUT2D eigenvalue weighted by atomic mass is 10.1. The van der Waals surface area contributed by atoms with Crippen molar-refractivity contribution in [2.75, 3.05) is 24.5 Å². The van der Waals surface area contributed by atoms with E-state index in [1.54, 1.807) is 0 Å².